The van der Waals surface area contributed by atoms with E-state index in [1.807, 2.05) is 25.3 Å². The number of aromatic nitrogens is 5. The molecule has 8 nitrogen and oxygen atoms in total. The van der Waals surface area contributed by atoms with Gasteiger partial charge in [-0.25, -0.2) is 14.4 Å². The fraction of sp³-hybridized carbons (Fsp3) is 0.267. The van der Waals surface area contributed by atoms with Gasteiger partial charge in [0.1, 0.15) is 17.4 Å². The first kappa shape index (κ1) is 29.3. The van der Waals surface area contributed by atoms with Crippen molar-refractivity contribution in [1.82, 2.24) is 24.3 Å². The molecule has 12 heteroatoms. The molecule has 0 spiro atoms. The Hall–Kier alpha value is -4.24. The number of carbonyl (C=O) groups excluding carboxylic acids is 1. The van der Waals surface area contributed by atoms with E-state index in [2.05, 4.69) is 24.4 Å². The molecule has 0 bridgehead atoms. The Morgan fingerprint density at radius 3 is 2.48 bits per heavy atom. The van der Waals surface area contributed by atoms with E-state index in [9.17, 15) is 13.6 Å². The van der Waals surface area contributed by atoms with Crippen LogP contribution in [0.4, 0.5) is 18.9 Å². The molecular weight excluding hydrogens is 564 g/mol. The predicted octanol–water partition coefficient (Wildman–Crippen LogP) is 5.90. The smallest absolute Gasteiger partial charge is 0.387 e. The molecule has 0 aliphatic carbocycles. The highest BCUT2D eigenvalue weighted by atomic mass is 31.0. The van der Waals surface area contributed by atoms with E-state index in [4.69, 9.17) is 9.97 Å². The molecule has 0 aliphatic heterocycles. The Kier molecular flexibility index (Phi) is 8.59. The molecule has 3 aromatic heterocycles. The minimum atomic E-state index is -2.97. The highest BCUT2D eigenvalue weighted by Crippen LogP contribution is 2.36. The molecule has 1 N–H and O–H groups in total. The summed E-state index contributed by atoms with van der Waals surface area (Å²) >= 11 is 0. The maximum absolute atomic E-state index is 15.4. The first-order valence-corrected chi connectivity index (χ1v) is 14.1. The van der Waals surface area contributed by atoms with Crippen LogP contribution in [0.25, 0.3) is 11.2 Å². The maximum Gasteiger partial charge on any atom is 0.387 e. The van der Waals surface area contributed by atoms with E-state index < -0.39 is 18.3 Å². The van der Waals surface area contributed by atoms with E-state index in [-0.39, 0.29) is 11.7 Å². The van der Waals surface area contributed by atoms with Gasteiger partial charge in [0.05, 0.1) is 34.6 Å². The van der Waals surface area contributed by atoms with Crippen LogP contribution in [0.15, 0.2) is 60.9 Å². The van der Waals surface area contributed by atoms with Crippen molar-refractivity contribution in [2.24, 2.45) is 0 Å². The van der Waals surface area contributed by atoms with Crippen molar-refractivity contribution in [3.63, 3.8) is 0 Å². The topological polar surface area (TPSA) is 86.9 Å². The zero-order valence-electron chi connectivity index (χ0n) is 23.3. The molecule has 5 aromatic rings. The minimum absolute atomic E-state index is 0.00980. The van der Waals surface area contributed by atoms with Gasteiger partial charge in [0.15, 0.2) is 5.65 Å². The molecule has 0 fully saturated rings. The van der Waals surface area contributed by atoms with Crippen molar-refractivity contribution in [1.29, 1.82) is 0 Å². The maximum atomic E-state index is 15.4. The van der Waals surface area contributed by atoms with E-state index in [1.165, 1.54) is 18.2 Å². The van der Waals surface area contributed by atoms with Crippen LogP contribution in [-0.4, -0.2) is 36.8 Å². The van der Waals surface area contributed by atoms with Crippen LogP contribution in [0.2, 0.25) is 0 Å². The number of halogens is 3. The molecule has 1 amide bonds. The Morgan fingerprint density at radius 1 is 1.05 bits per heavy atom. The lowest BCUT2D eigenvalue weighted by atomic mass is 9.89. The molecule has 0 saturated carbocycles. The molecule has 2 unspecified atom stereocenters. The molecule has 5 rings (SSSR count). The minimum Gasteiger partial charge on any atom is -0.435 e. The first-order chi connectivity index (χ1) is 20.2. The van der Waals surface area contributed by atoms with Crippen LogP contribution < -0.4 is 15.4 Å². The van der Waals surface area contributed by atoms with Gasteiger partial charge in [0.2, 0.25) is 0 Å². The van der Waals surface area contributed by atoms with Crippen molar-refractivity contribution in [2.75, 3.05) is 5.32 Å². The number of ether oxygens (including phenoxy) is 1. The van der Waals surface area contributed by atoms with Gasteiger partial charge in [-0.05, 0) is 55.4 Å². The van der Waals surface area contributed by atoms with E-state index >= 15 is 4.39 Å². The molecule has 0 aliphatic rings. The lowest BCUT2D eigenvalue weighted by molar-refractivity contribution is -0.0498. The Morgan fingerprint density at radius 2 is 1.83 bits per heavy atom. The first-order valence-electron chi connectivity index (χ1n) is 13.6. The van der Waals surface area contributed by atoms with Crippen molar-refractivity contribution >= 4 is 37.3 Å². The lowest BCUT2D eigenvalue weighted by Gasteiger charge is -2.22. The number of pyridine rings is 1. The van der Waals surface area contributed by atoms with Gasteiger partial charge in [0.25, 0.3) is 5.91 Å². The Bertz CT molecular complexity index is 1750. The molecular formula is C30H30F3N6O2P. The number of carbonyl (C=O) groups is 1. The number of benzene rings is 2. The number of nitrogens with one attached hydrogen (secondary N) is 1. The summed E-state index contributed by atoms with van der Waals surface area (Å²) in [5.74, 6) is -0.987. The van der Waals surface area contributed by atoms with Gasteiger partial charge in [-0.1, -0.05) is 31.2 Å². The highest BCUT2D eigenvalue weighted by Gasteiger charge is 2.29. The third-order valence-electron chi connectivity index (χ3n) is 7.03. The Balaban J connectivity index is 1.66. The highest BCUT2D eigenvalue weighted by molar-refractivity contribution is 7.27. The number of alkyl halides is 2. The van der Waals surface area contributed by atoms with Gasteiger partial charge in [0, 0.05) is 24.8 Å². The summed E-state index contributed by atoms with van der Waals surface area (Å²) in [6, 6.07) is 12.7. The summed E-state index contributed by atoms with van der Waals surface area (Å²) in [6.45, 7) is 3.94. The fourth-order valence-electron chi connectivity index (χ4n) is 5.07. The quantitative estimate of drug-likeness (QED) is 0.204. The average Bonchev–Trinajstić information content (AvgIpc) is 3.57. The van der Waals surface area contributed by atoms with Crippen LogP contribution >= 0.6 is 9.24 Å². The van der Waals surface area contributed by atoms with Crippen LogP contribution in [0.3, 0.4) is 0 Å². The van der Waals surface area contributed by atoms with Crippen LogP contribution in [-0.2, 0) is 19.5 Å². The third kappa shape index (κ3) is 5.74. The summed E-state index contributed by atoms with van der Waals surface area (Å²) in [5, 5.41) is 7.65. The van der Waals surface area contributed by atoms with E-state index in [0.29, 0.717) is 69.9 Å². The van der Waals surface area contributed by atoms with Crippen LogP contribution in [0.1, 0.15) is 59.7 Å². The van der Waals surface area contributed by atoms with Gasteiger partial charge < -0.3 is 14.6 Å². The summed E-state index contributed by atoms with van der Waals surface area (Å²) in [5.41, 5.74) is 3.57. The molecule has 0 saturated heterocycles. The standard InChI is InChI=1S/C30H30F3N6O2P/c1-4-23-21(29(40)35-17-15-34-38(5-2)16-17)14-24-27(36-23)37-28(39(24)6-3)26(19-9-7-8-10-22(19)31)20-12-11-18(13-25(20)42)41-30(32)33/h7-16,26,30H,4-6,42H2,1-3H3,(H,35,40). The summed E-state index contributed by atoms with van der Waals surface area (Å²) in [6.07, 6.45) is 3.82. The summed E-state index contributed by atoms with van der Waals surface area (Å²) < 4.78 is 49.3. The largest absolute Gasteiger partial charge is 0.435 e. The van der Waals surface area contributed by atoms with Gasteiger partial charge in [-0.3, -0.25) is 9.48 Å². The molecule has 42 heavy (non-hydrogen) atoms. The monoisotopic (exact) mass is 594 g/mol. The fourth-order valence-corrected chi connectivity index (χ4v) is 5.50. The van der Waals surface area contributed by atoms with E-state index in [0.717, 1.165) is 0 Å². The van der Waals surface area contributed by atoms with Crippen molar-refractivity contribution < 1.29 is 22.7 Å². The zero-order chi connectivity index (χ0) is 30.0. The summed E-state index contributed by atoms with van der Waals surface area (Å²) in [7, 11) is 2.52. The Labute approximate surface area is 243 Å². The molecule has 3 heterocycles. The number of hydrogen-bond acceptors (Lipinski definition) is 5. The molecule has 218 valence electrons. The average molecular weight is 595 g/mol. The number of anilines is 1. The van der Waals surface area contributed by atoms with Gasteiger partial charge in [-0.15, -0.1) is 9.24 Å². The third-order valence-corrected chi connectivity index (χ3v) is 7.53. The zero-order valence-corrected chi connectivity index (χ0v) is 24.5. The number of nitrogens with zero attached hydrogens (tertiary/aromatic N) is 5. The second-order valence-electron chi connectivity index (χ2n) is 9.56. The number of rotatable bonds is 10. The van der Waals surface area contributed by atoms with Crippen molar-refractivity contribution in [3.8, 4) is 5.75 Å². The lowest BCUT2D eigenvalue weighted by Crippen LogP contribution is -2.18. The van der Waals surface area contributed by atoms with Gasteiger partial charge >= 0.3 is 6.61 Å². The SMILES string of the molecule is CCc1nc2nc(C(c3ccccc3F)c3ccc(OC(F)F)cc3P)n(CC)c2cc1C(=O)Nc1cnn(CC)c1. The van der Waals surface area contributed by atoms with Gasteiger partial charge in [-0.2, -0.15) is 13.9 Å². The molecule has 2 aromatic carbocycles. The molecule has 0 radical (unpaired) electrons. The van der Waals surface area contributed by atoms with Crippen LogP contribution in [0, 0.1) is 5.82 Å². The van der Waals surface area contributed by atoms with E-state index in [1.54, 1.807) is 47.4 Å². The second-order valence-corrected chi connectivity index (χ2v) is 10.2. The number of amides is 1. The number of fused-ring (bicyclic) bond motifs is 1. The second kappa shape index (κ2) is 12.3. The van der Waals surface area contributed by atoms with Crippen molar-refractivity contribution in [2.45, 2.75) is 52.8 Å². The predicted molar refractivity (Wildman–Crippen MR) is 158 cm³/mol. The van der Waals surface area contributed by atoms with Crippen LogP contribution in [0.5, 0.6) is 5.75 Å². The number of aryl methyl sites for hydroxylation is 3. The number of hydrogen-bond donors (Lipinski definition) is 1. The molecule has 2 atom stereocenters. The normalized spacial score (nSPS) is 12.2. The summed E-state index contributed by atoms with van der Waals surface area (Å²) in [4.78, 5) is 23.0. The number of imidazole rings is 1. The van der Waals surface area contributed by atoms with Crippen molar-refractivity contribution in [3.05, 3.63) is 95.0 Å².